The summed E-state index contributed by atoms with van der Waals surface area (Å²) in [5, 5.41) is 0. The van der Waals surface area contributed by atoms with Crippen molar-refractivity contribution in [3.8, 4) is 0 Å². The van der Waals surface area contributed by atoms with Gasteiger partial charge in [0.2, 0.25) is 0 Å². The lowest BCUT2D eigenvalue weighted by Gasteiger charge is -2.09. The molecule has 0 fully saturated rings. The number of likely N-dealkylation sites (N-methyl/N-ethyl adjacent to an activating group) is 1. The summed E-state index contributed by atoms with van der Waals surface area (Å²) >= 11 is 0. The molecule has 1 rings (SSSR count). The minimum Gasteiger partial charge on any atom is -0.439 e. The molecule has 0 saturated heterocycles. The smallest absolute Gasteiger partial charge is 0.363 e. The Morgan fingerprint density at radius 3 is 2.64 bits per heavy atom. The van der Waals surface area contributed by atoms with Crippen molar-refractivity contribution in [3.05, 3.63) is 0 Å². The van der Waals surface area contributed by atoms with E-state index in [1.807, 2.05) is 7.05 Å². The van der Waals surface area contributed by atoms with E-state index in [4.69, 9.17) is 9.47 Å². The predicted molar refractivity (Wildman–Crippen MR) is 43.1 cm³/mol. The quantitative estimate of drug-likeness (QED) is 0.545. The fraction of sp³-hybridized carbons (Fsp3) is 0.875. The topological polar surface area (TPSA) is 21.5 Å². The first kappa shape index (κ1) is 8.53. The summed E-state index contributed by atoms with van der Waals surface area (Å²) in [4.78, 5) is 0. The Hall–Kier alpha value is -0.570. The van der Waals surface area contributed by atoms with Crippen molar-refractivity contribution in [1.29, 1.82) is 0 Å². The van der Waals surface area contributed by atoms with Gasteiger partial charge in [-0.05, 0) is 0 Å². The lowest BCUT2D eigenvalue weighted by atomic mass is 10.1. The third-order valence-electron chi connectivity index (χ3n) is 2.14. The summed E-state index contributed by atoms with van der Waals surface area (Å²) in [6.45, 7) is 5.62. The Balaban J connectivity index is 2.72. The molecule has 0 spiro atoms. The highest BCUT2D eigenvalue weighted by atomic mass is 16.5. The second-order valence-corrected chi connectivity index (χ2v) is 3.49. The average molecular weight is 158 g/mol. The number of hydrogen-bond donors (Lipinski definition) is 0. The Kier molecular flexibility index (Phi) is 2.18. The molecule has 0 N–H and O–H groups in total. The van der Waals surface area contributed by atoms with Gasteiger partial charge in [-0.25, -0.2) is 0 Å². The molecule has 0 unspecified atom stereocenters. The first-order chi connectivity index (χ1) is 5.08. The molecule has 0 atom stereocenters. The molecule has 1 aliphatic heterocycles. The van der Waals surface area contributed by atoms with E-state index in [0.717, 1.165) is 12.5 Å². The summed E-state index contributed by atoms with van der Waals surface area (Å²) in [7, 11) is 3.71. The van der Waals surface area contributed by atoms with E-state index in [9.17, 15) is 0 Å². The first-order valence-corrected chi connectivity index (χ1v) is 3.79. The van der Waals surface area contributed by atoms with Gasteiger partial charge in [0.15, 0.2) is 18.8 Å². The van der Waals surface area contributed by atoms with Crippen LogP contribution in [-0.4, -0.2) is 43.4 Å². The van der Waals surface area contributed by atoms with Crippen molar-refractivity contribution in [1.82, 2.24) is 0 Å². The van der Waals surface area contributed by atoms with E-state index in [0.29, 0.717) is 6.61 Å². The molecule has 1 heterocycles. The molecule has 0 saturated carbocycles. The highest BCUT2D eigenvalue weighted by Gasteiger charge is 2.39. The van der Waals surface area contributed by atoms with E-state index in [1.165, 1.54) is 0 Å². The lowest BCUT2D eigenvalue weighted by Crippen LogP contribution is -2.33. The lowest BCUT2D eigenvalue weighted by molar-refractivity contribution is -0.564. The van der Waals surface area contributed by atoms with Crippen molar-refractivity contribution < 1.29 is 14.0 Å². The molecule has 0 aliphatic carbocycles. The highest BCUT2D eigenvalue weighted by Crippen LogP contribution is 2.14. The molecule has 0 aromatic heterocycles. The van der Waals surface area contributed by atoms with E-state index in [-0.39, 0.29) is 5.54 Å². The summed E-state index contributed by atoms with van der Waals surface area (Å²) in [5.74, 6) is 0.928. The maximum Gasteiger partial charge on any atom is 0.363 e. The zero-order valence-electron chi connectivity index (χ0n) is 7.68. The van der Waals surface area contributed by atoms with Crippen molar-refractivity contribution in [2.45, 2.75) is 19.4 Å². The second kappa shape index (κ2) is 2.81. The van der Waals surface area contributed by atoms with E-state index in [1.54, 1.807) is 7.11 Å². The molecular formula is C8H16NO2+. The minimum absolute atomic E-state index is 0.119. The van der Waals surface area contributed by atoms with E-state index < -0.39 is 0 Å². The molecule has 0 amide bonds. The maximum atomic E-state index is 5.44. The van der Waals surface area contributed by atoms with Crippen LogP contribution in [0.3, 0.4) is 0 Å². The monoisotopic (exact) mass is 158 g/mol. The van der Waals surface area contributed by atoms with Crippen LogP contribution in [-0.2, 0) is 9.47 Å². The SMILES string of the molecule is COCC1=[N+](C)C(C)(C)CO1. The van der Waals surface area contributed by atoms with Crippen LogP contribution >= 0.6 is 0 Å². The first-order valence-electron chi connectivity index (χ1n) is 3.79. The summed E-state index contributed by atoms with van der Waals surface area (Å²) < 4.78 is 12.5. The number of methoxy groups -OCH3 is 1. The Morgan fingerprint density at radius 1 is 1.64 bits per heavy atom. The van der Waals surface area contributed by atoms with Crippen molar-refractivity contribution in [2.24, 2.45) is 0 Å². The van der Waals surface area contributed by atoms with E-state index in [2.05, 4.69) is 18.4 Å². The molecule has 0 aromatic rings. The largest absolute Gasteiger partial charge is 0.439 e. The Labute approximate surface area is 67.6 Å². The van der Waals surface area contributed by atoms with Gasteiger partial charge in [0.1, 0.15) is 7.05 Å². The van der Waals surface area contributed by atoms with Gasteiger partial charge in [-0.2, -0.15) is 4.58 Å². The second-order valence-electron chi connectivity index (χ2n) is 3.49. The van der Waals surface area contributed by atoms with Crippen LogP contribution < -0.4 is 0 Å². The molecular weight excluding hydrogens is 142 g/mol. The van der Waals surface area contributed by atoms with Crippen LogP contribution in [0.5, 0.6) is 0 Å². The van der Waals surface area contributed by atoms with Gasteiger partial charge in [-0.1, -0.05) is 0 Å². The normalized spacial score (nSPS) is 22.2. The number of ether oxygens (including phenoxy) is 2. The fourth-order valence-corrected chi connectivity index (χ4v) is 1.05. The third kappa shape index (κ3) is 1.53. The predicted octanol–water partition coefficient (Wildman–Crippen LogP) is 0.482. The number of rotatable bonds is 2. The molecule has 1 aliphatic rings. The van der Waals surface area contributed by atoms with Crippen molar-refractivity contribution in [3.63, 3.8) is 0 Å². The summed E-state index contributed by atoms with van der Waals surface area (Å²) in [5.41, 5.74) is 0.119. The van der Waals surface area contributed by atoms with Crippen molar-refractivity contribution in [2.75, 3.05) is 27.4 Å². The Morgan fingerprint density at radius 2 is 2.27 bits per heavy atom. The molecule has 0 aromatic carbocycles. The van der Waals surface area contributed by atoms with Gasteiger partial charge in [-0.3, -0.25) is 0 Å². The number of hydrogen-bond acceptors (Lipinski definition) is 2. The maximum absolute atomic E-state index is 5.44. The summed E-state index contributed by atoms with van der Waals surface area (Å²) in [6, 6.07) is 0. The number of nitrogens with zero attached hydrogens (tertiary/aromatic N) is 1. The fourth-order valence-electron chi connectivity index (χ4n) is 1.05. The zero-order valence-corrected chi connectivity index (χ0v) is 7.68. The summed E-state index contributed by atoms with van der Waals surface area (Å²) in [6.07, 6.45) is 0. The molecule has 3 heteroatoms. The average Bonchev–Trinajstić information content (AvgIpc) is 2.17. The third-order valence-corrected chi connectivity index (χ3v) is 2.14. The Bertz CT molecular complexity index is 185. The molecule has 0 bridgehead atoms. The van der Waals surface area contributed by atoms with Gasteiger partial charge >= 0.3 is 5.90 Å². The van der Waals surface area contributed by atoms with E-state index >= 15 is 0 Å². The molecule has 3 nitrogen and oxygen atoms in total. The van der Waals surface area contributed by atoms with Crippen LogP contribution in [0.1, 0.15) is 13.8 Å². The molecule has 11 heavy (non-hydrogen) atoms. The molecule has 0 radical (unpaired) electrons. The van der Waals surface area contributed by atoms with Gasteiger partial charge in [0.25, 0.3) is 0 Å². The van der Waals surface area contributed by atoms with Crippen molar-refractivity contribution >= 4 is 5.90 Å². The zero-order chi connectivity index (χ0) is 8.48. The van der Waals surface area contributed by atoms with Gasteiger partial charge in [0.05, 0.1) is 0 Å². The minimum atomic E-state index is 0.119. The van der Waals surface area contributed by atoms with Gasteiger partial charge in [0, 0.05) is 21.0 Å². The highest BCUT2D eigenvalue weighted by molar-refractivity contribution is 5.73. The van der Waals surface area contributed by atoms with Crippen LogP contribution in [0.4, 0.5) is 0 Å². The van der Waals surface area contributed by atoms with Gasteiger partial charge < -0.3 is 9.47 Å². The van der Waals surface area contributed by atoms with Crippen LogP contribution in [0.2, 0.25) is 0 Å². The van der Waals surface area contributed by atoms with Gasteiger partial charge in [-0.15, -0.1) is 0 Å². The standard InChI is InChI=1S/C8H16NO2/c1-8(2)6-11-7(5-10-4)9(8)3/h5-6H2,1-4H3/q+1. The van der Waals surface area contributed by atoms with Crippen LogP contribution in [0.15, 0.2) is 0 Å². The molecule has 64 valence electrons. The van der Waals surface area contributed by atoms with Crippen LogP contribution in [0.25, 0.3) is 0 Å². The van der Waals surface area contributed by atoms with Crippen LogP contribution in [0, 0.1) is 0 Å².